The molecule has 0 bridgehead atoms. The molecule has 0 spiro atoms. The van der Waals surface area contributed by atoms with E-state index in [2.05, 4.69) is 16.0 Å². The molecule has 1 aromatic carbocycles. The molecule has 3 N–H and O–H groups in total. The minimum absolute atomic E-state index is 0.104. The van der Waals surface area contributed by atoms with Gasteiger partial charge in [0.2, 0.25) is 5.91 Å². The van der Waals surface area contributed by atoms with E-state index in [0.29, 0.717) is 12.1 Å². The fraction of sp³-hybridized carbons (Fsp3) is 0.500. The van der Waals surface area contributed by atoms with Crippen molar-refractivity contribution >= 4 is 11.8 Å². The van der Waals surface area contributed by atoms with Gasteiger partial charge < -0.3 is 16.0 Å². The Morgan fingerprint density at radius 2 is 1.81 bits per heavy atom. The number of rotatable bonds is 4. The Kier molecular flexibility index (Phi) is 4.96. The van der Waals surface area contributed by atoms with Crippen LogP contribution in [0.15, 0.2) is 24.3 Å². The first-order chi connectivity index (χ1) is 10.0. The van der Waals surface area contributed by atoms with Gasteiger partial charge in [-0.1, -0.05) is 19.1 Å². The number of amides is 2. The van der Waals surface area contributed by atoms with E-state index in [4.69, 9.17) is 0 Å². The van der Waals surface area contributed by atoms with Crippen LogP contribution in [0.1, 0.15) is 35.7 Å². The van der Waals surface area contributed by atoms with Gasteiger partial charge in [0.1, 0.15) is 0 Å². The Balaban J connectivity index is 1.90. The van der Waals surface area contributed by atoms with E-state index in [-0.39, 0.29) is 17.2 Å². The standard InChI is InChI=1S/C16H23N3O2/c1-16(7-9-18-10-8-16)15(21)19-11-12-3-5-13(6-4-12)14(20)17-2/h3-6,18H,7-11H2,1-2H3,(H,17,20)(H,19,21). The van der Waals surface area contributed by atoms with Gasteiger partial charge in [-0.3, -0.25) is 9.59 Å². The van der Waals surface area contributed by atoms with Gasteiger partial charge in [0.25, 0.3) is 5.91 Å². The molecule has 0 atom stereocenters. The lowest BCUT2D eigenvalue weighted by atomic mass is 9.80. The molecule has 21 heavy (non-hydrogen) atoms. The maximum atomic E-state index is 12.3. The van der Waals surface area contributed by atoms with Crippen LogP contribution in [0.25, 0.3) is 0 Å². The number of piperidine rings is 1. The second kappa shape index (κ2) is 6.72. The summed E-state index contributed by atoms with van der Waals surface area (Å²) in [5, 5.41) is 8.86. The van der Waals surface area contributed by atoms with Crippen molar-refractivity contribution in [1.82, 2.24) is 16.0 Å². The smallest absolute Gasteiger partial charge is 0.251 e. The minimum Gasteiger partial charge on any atom is -0.355 e. The van der Waals surface area contributed by atoms with E-state index in [1.807, 2.05) is 19.1 Å². The van der Waals surface area contributed by atoms with Gasteiger partial charge in [0.15, 0.2) is 0 Å². The number of carbonyl (C=O) groups excluding carboxylic acids is 2. The highest BCUT2D eigenvalue weighted by atomic mass is 16.2. The van der Waals surface area contributed by atoms with Crippen LogP contribution in [0.5, 0.6) is 0 Å². The average Bonchev–Trinajstić information content (AvgIpc) is 2.53. The lowest BCUT2D eigenvalue weighted by Crippen LogP contribution is -2.45. The van der Waals surface area contributed by atoms with E-state index in [1.54, 1.807) is 19.2 Å². The zero-order valence-electron chi connectivity index (χ0n) is 12.7. The molecule has 0 radical (unpaired) electrons. The van der Waals surface area contributed by atoms with Crippen LogP contribution in [-0.2, 0) is 11.3 Å². The average molecular weight is 289 g/mol. The quantitative estimate of drug-likeness (QED) is 0.776. The Hall–Kier alpha value is -1.88. The summed E-state index contributed by atoms with van der Waals surface area (Å²) < 4.78 is 0. The van der Waals surface area contributed by atoms with Crippen molar-refractivity contribution in [2.45, 2.75) is 26.3 Å². The first-order valence-corrected chi connectivity index (χ1v) is 7.35. The summed E-state index contributed by atoms with van der Waals surface area (Å²) in [6.45, 7) is 4.31. The van der Waals surface area contributed by atoms with Crippen molar-refractivity contribution in [3.05, 3.63) is 35.4 Å². The molecule has 2 amide bonds. The first kappa shape index (κ1) is 15.5. The van der Waals surface area contributed by atoms with E-state index >= 15 is 0 Å². The van der Waals surface area contributed by atoms with Gasteiger partial charge in [-0.2, -0.15) is 0 Å². The van der Waals surface area contributed by atoms with Crippen molar-refractivity contribution in [2.75, 3.05) is 20.1 Å². The molecule has 2 rings (SSSR count). The Bertz CT molecular complexity index is 505. The summed E-state index contributed by atoms with van der Waals surface area (Å²) >= 11 is 0. The molecule has 1 saturated heterocycles. The van der Waals surface area contributed by atoms with Gasteiger partial charge >= 0.3 is 0 Å². The van der Waals surface area contributed by atoms with Crippen molar-refractivity contribution < 1.29 is 9.59 Å². The summed E-state index contributed by atoms with van der Waals surface area (Å²) in [6.07, 6.45) is 1.74. The lowest BCUT2D eigenvalue weighted by molar-refractivity contribution is -0.131. The van der Waals surface area contributed by atoms with Crippen LogP contribution in [0.2, 0.25) is 0 Å². The zero-order valence-corrected chi connectivity index (χ0v) is 12.7. The predicted octanol–water partition coefficient (Wildman–Crippen LogP) is 1.05. The fourth-order valence-corrected chi connectivity index (χ4v) is 2.52. The van der Waals surface area contributed by atoms with Crippen LogP contribution >= 0.6 is 0 Å². The van der Waals surface area contributed by atoms with Crippen LogP contribution in [0.4, 0.5) is 0 Å². The molecule has 1 aliphatic heterocycles. The van der Waals surface area contributed by atoms with E-state index in [9.17, 15) is 9.59 Å². The number of nitrogens with one attached hydrogen (secondary N) is 3. The third-order valence-corrected chi connectivity index (χ3v) is 4.15. The lowest BCUT2D eigenvalue weighted by Gasteiger charge is -2.32. The van der Waals surface area contributed by atoms with Crippen LogP contribution in [-0.4, -0.2) is 32.0 Å². The largest absolute Gasteiger partial charge is 0.355 e. The molecule has 0 aliphatic carbocycles. The van der Waals surface area contributed by atoms with Gasteiger partial charge in [-0.25, -0.2) is 0 Å². The highest BCUT2D eigenvalue weighted by Crippen LogP contribution is 2.28. The molecule has 0 unspecified atom stereocenters. The Labute approximate surface area is 125 Å². The van der Waals surface area contributed by atoms with Crippen molar-refractivity contribution in [3.8, 4) is 0 Å². The molecule has 1 aromatic rings. The number of hydrogen-bond acceptors (Lipinski definition) is 3. The second-order valence-electron chi connectivity index (χ2n) is 5.77. The topological polar surface area (TPSA) is 70.2 Å². The van der Waals surface area contributed by atoms with Crippen LogP contribution in [0, 0.1) is 5.41 Å². The molecular weight excluding hydrogens is 266 g/mol. The summed E-state index contributed by atoms with van der Waals surface area (Å²) in [4.78, 5) is 23.8. The number of benzene rings is 1. The van der Waals surface area contributed by atoms with Gasteiger partial charge in [-0.05, 0) is 43.6 Å². The molecule has 0 saturated carbocycles. The third kappa shape index (κ3) is 3.82. The van der Waals surface area contributed by atoms with Crippen LogP contribution in [0.3, 0.4) is 0 Å². The molecule has 5 nitrogen and oxygen atoms in total. The van der Waals surface area contributed by atoms with Crippen LogP contribution < -0.4 is 16.0 Å². The highest BCUT2D eigenvalue weighted by Gasteiger charge is 2.34. The molecule has 5 heteroatoms. The molecule has 1 fully saturated rings. The fourth-order valence-electron chi connectivity index (χ4n) is 2.52. The molecule has 0 aromatic heterocycles. The predicted molar refractivity (Wildman–Crippen MR) is 81.9 cm³/mol. The molecule has 1 aliphatic rings. The number of carbonyl (C=O) groups is 2. The highest BCUT2D eigenvalue weighted by molar-refractivity contribution is 5.93. The normalized spacial score (nSPS) is 17.0. The summed E-state index contributed by atoms with van der Waals surface area (Å²) in [5.74, 6) is 0.00665. The van der Waals surface area contributed by atoms with Gasteiger partial charge in [-0.15, -0.1) is 0 Å². The Morgan fingerprint density at radius 3 is 2.38 bits per heavy atom. The van der Waals surface area contributed by atoms with Crippen molar-refractivity contribution in [3.63, 3.8) is 0 Å². The van der Waals surface area contributed by atoms with E-state index in [0.717, 1.165) is 31.5 Å². The van der Waals surface area contributed by atoms with E-state index in [1.165, 1.54) is 0 Å². The third-order valence-electron chi connectivity index (χ3n) is 4.15. The minimum atomic E-state index is -0.271. The SMILES string of the molecule is CNC(=O)c1ccc(CNC(=O)C2(C)CCNCC2)cc1. The first-order valence-electron chi connectivity index (χ1n) is 7.35. The van der Waals surface area contributed by atoms with Crippen molar-refractivity contribution in [1.29, 1.82) is 0 Å². The summed E-state index contributed by atoms with van der Waals surface area (Å²) in [5.41, 5.74) is 1.35. The molecular formula is C16H23N3O2. The number of hydrogen-bond donors (Lipinski definition) is 3. The van der Waals surface area contributed by atoms with Gasteiger partial charge in [0, 0.05) is 24.6 Å². The maximum Gasteiger partial charge on any atom is 0.251 e. The molecule has 114 valence electrons. The molecule has 1 heterocycles. The monoisotopic (exact) mass is 289 g/mol. The zero-order chi connectivity index (χ0) is 15.3. The van der Waals surface area contributed by atoms with E-state index < -0.39 is 0 Å². The maximum absolute atomic E-state index is 12.3. The van der Waals surface area contributed by atoms with Crippen molar-refractivity contribution in [2.24, 2.45) is 5.41 Å². The second-order valence-corrected chi connectivity index (χ2v) is 5.77. The summed E-state index contributed by atoms with van der Waals surface area (Å²) in [7, 11) is 1.61. The Morgan fingerprint density at radius 1 is 1.19 bits per heavy atom. The summed E-state index contributed by atoms with van der Waals surface area (Å²) in [6, 6.07) is 7.28. The van der Waals surface area contributed by atoms with Gasteiger partial charge in [0.05, 0.1) is 0 Å².